The molecule has 0 radical (unpaired) electrons. The van der Waals surface area contributed by atoms with E-state index in [0.29, 0.717) is 11.8 Å². The molecule has 0 unspecified atom stereocenters. The molecule has 1 N–H and O–H groups in total. The molecule has 0 saturated carbocycles. The minimum absolute atomic E-state index is 0.113. The van der Waals surface area contributed by atoms with Gasteiger partial charge in [-0.25, -0.2) is 17.8 Å². The largest absolute Gasteiger partial charge is 0.361 e. The highest BCUT2D eigenvalue weighted by molar-refractivity contribution is 7.91. The molecule has 0 aliphatic carbocycles. The van der Waals surface area contributed by atoms with Crippen LogP contribution in [0, 0.1) is 5.82 Å². The normalized spacial score (nSPS) is 14.9. The standard InChI is InChI=1S/C18H24FN5O2S/c1-23(2)17-16(12-20-18(21-17)24-10-6-3-7-11-24)22-27(25,26)13-14-8-4-5-9-15(14)19/h4-5,8-9,12,22H,3,6-7,10-11,13H2,1-2H3. The summed E-state index contributed by atoms with van der Waals surface area (Å²) in [5.41, 5.74) is 0.388. The van der Waals surface area contributed by atoms with Crippen LogP contribution in [0.3, 0.4) is 0 Å². The topological polar surface area (TPSA) is 78.4 Å². The molecule has 3 rings (SSSR count). The van der Waals surface area contributed by atoms with Crippen molar-refractivity contribution in [2.75, 3.05) is 41.7 Å². The van der Waals surface area contributed by atoms with Crippen LogP contribution >= 0.6 is 0 Å². The van der Waals surface area contributed by atoms with E-state index in [0.717, 1.165) is 25.9 Å². The molecule has 1 saturated heterocycles. The smallest absolute Gasteiger partial charge is 0.237 e. The van der Waals surface area contributed by atoms with Crippen molar-refractivity contribution < 1.29 is 12.8 Å². The quantitative estimate of drug-likeness (QED) is 0.813. The second-order valence-corrected chi connectivity index (χ2v) is 8.52. The lowest BCUT2D eigenvalue weighted by Crippen LogP contribution is -2.31. The maximum absolute atomic E-state index is 13.8. The van der Waals surface area contributed by atoms with Crippen molar-refractivity contribution >= 4 is 27.5 Å². The van der Waals surface area contributed by atoms with E-state index in [1.54, 1.807) is 25.1 Å². The molecule has 1 aromatic carbocycles. The van der Waals surface area contributed by atoms with E-state index < -0.39 is 21.6 Å². The predicted molar refractivity (Wildman–Crippen MR) is 105 cm³/mol. The van der Waals surface area contributed by atoms with Crippen LogP contribution in [0.25, 0.3) is 0 Å². The maximum atomic E-state index is 13.8. The van der Waals surface area contributed by atoms with Crippen LogP contribution in [0.2, 0.25) is 0 Å². The highest BCUT2D eigenvalue weighted by atomic mass is 32.2. The number of halogens is 1. The first-order valence-corrected chi connectivity index (χ1v) is 10.5. The van der Waals surface area contributed by atoms with Crippen LogP contribution < -0.4 is 14.5 Å². The second-order valence-electron chi connectivity index (χ2n) is 6.80. The number of aromatic nitrogens is 2. The van der Waals surface area contributed by atoms with Gasteiger partial charge in [0.15, 0.2) is 5.82 Å². The fourth-order valence-electron chi connectivity index (χ4n) is 3.05. The number of nitrogens with one attached hydrogen (secondary N) is 1. The summed E-state index contributed by atoms with van der Waals surface area (Å²) in [4.78, 5) is 12.7. The summed E-state index contributed by atoms with van der Waals surface area (Å²) < 4.78 is 41.3. The molecular formula is C18H24FN5O2S. The van der Waals surface area contributed by atoms with Gasteiger partial charge in [0.2, 0.25) is 16.0 Å². The van der Waals surface area contributed by atoms with Gasteiger partial charge < -0.3 is 9.80 Å². The molecule has 1 fully saturated rings. The van der Waals surface area contributed by atoms with Crippen LogP contribution in [-0.2, 0) is 15.8 Å². The highest BCUT2D eigenvalue weighted by Gasteiger charge is 2.20. The molecule has 1 aromatic heterocycles. The van der Waals surface area contributed by atoms with Crippen LogP contribution in [0.4, 0.5) is 21.8 Å². The number of rotatable bonds is 6. The maximum Gasteiger partial charge on any atom is 0.237 e. The average molecular weight is 393 g/mol. The molecule has 0 spiro atoms. The first kappa shape index (κ1) is 19.3. The number of benzene rings is 1. The van der Waals surface area contributed by atoms with Gasteiger partial charge >= 0.3 is 0 Å². The van der Waals surface area contributed by atoms with Crippen molar-refractivity contribution in [3.8, 4) is 0 Å². The number of anilines is 3. The summed E-state index contributed by atoms with van der Waals surface area (Å²) in [6.07, 6.45) is 4.87. The summed E-state index contributed by atoms with van der Waals surface area (Å²) in [6, 6.07) is 5.83. The zero-order valence-corrected chi connectivity index (χ0v) is 16.3. The molecule has 27 heavy (non-hydrogen) atoms. The summed E-state index contributed by atoms with van der Waals surface area (Å²) >= 11 is 0. The van der Waals surface area contributed by atoms with E-state index in [1.807, 2.05) is 0 Å². The van der Waals surface area contributed by atoms with Crippen LogP contribution in [0.5, 0.6) is 0 Å². The zero-order valence-electron chi connectivity index (χ0n) is 15.5. The number of hydrogen-bond donors (Lipinski definition) is 1. The molecule has 0 amide bonds. The Bertz CT molecular complexity index is 898. The summed E-state index contributed by atoms with van der Waals surface area (Å²) in [5, 5.41) is 0. The Balaban J connectivity index is 1.83. The monoisotopic (exact) mass is 393 g/mol. The predicted octanol–water partition coefficient (Wildman–Crippen LogP) is 2.61. The Morgan fingerprint density at radius 1 is 1.19 bits per heavy atom. The molecule has 2 heterocycles. The fourth-order valence-corrected chi connectivity index (χ4v) is 4.24. The van der Waals surface area contributed by atoms with Gasteiger partial charge in [-0.2, -0.15) is 4.98 Å². The number of piperidine rings is 1. The van der Waals surface area contributed by atoms with Gasteiger partial charge in [-0.05, 0) is 25.3 Å². The van der Waals surface area contributed by atoms with Crippen LogP contribution in [-0.4, -0.2) is 45.6 Å². The molecule has 146 valence electrons. The Morgan fingerprint density at radius 2 is 1.89 bits per heavy atom. The Morgan fingerprint density at radius 3 is 2.56 bits per heavy atom. The van der Waals surface area contributed by atoms with E-state index in [4.69, 9.17) is 0 Å². The van der Waals surface area contributed by atoms with Gasteiger partial charge in [0, 0.05) is 32.7 Å². The van der Waals surface area contributed by atoms with Gasteiger partial charge in [-0.1, -0.05) is 18.2 Å². The molecule has 2 aromatic rings. The third-order valence-electron chi connectivity index (χ3n) is 4.39. The lowest BCUT2D eigenvalue weighted by Gasteiger charge is -2.28. The van der Waals surface area contributed by atoms with Crippen molar-refractivity contribution in [3.05, 3.63) is 41.8 Å². The van der Waals surface area contributed by atoms with Crippen molar-refractivity contribution in [3.63, 3.8) is 0 Å². The number of nitrogens with zero attached hydrogens (tertiary/aromatic N) is 4. The minimum atomic E-state index is -3.81. The molecule has 7 nitrogen and oxygen atoms in total. The SMILES string of the molecule is CN(C)c1nc(N2CCCCC2)ncc1NS(=O)(=O)Cc1ccccc1F. The van der Waals surface area contributed by atoms with E-state index in [-0.39, 0.29) is 11.3 Å². The Kier molecular flexibility index (Phi) is 5.79. The highest BCUT2D eigenvalue weighted by Crippen LogP contribution is 2.26. The fraction of sp³-hybridized carbons (Fsp3) is 0.444. The number of sulfonamides is 1. The van der Waals surface area contributed by atoms with E-state index >= 15 is 0 Å². The van der Waals surface area contributed by atoms with Crippen molar-refractivity contribution in [2.24, 2.45) is 0 Å². The number of hydrogen-bond acceptors (Lipinski definition) is 6. The van der Waals surface area contributed by atoms with E-state index in [1.165, 1.54) is 30.8 Å². The van der Waals surface area contributed by atoms with Gasteiger partial charge in [-0.3, -0.25) is 4.72 Å². The van der Waals surface area contributed by atoms with Crippen LogP contribution in [0.1, 0.15) is 24.8 Å². The van der Waals surface area contributed by atoms with Crippen molar-refractivity contribution in [1.82, 2.24) is 9.97 Å². The second kappa shape index (κ2) is 8.08. The van der Waals surface area contributed by atoms with Gasteiger partial charge in [0.25, 0.3) is 0 Å². The summed E-state index contributed by atoms with van der Waals surface area (Å²) in [7, 11) is -0.237. The van der Waals surface area contributed by atoms with Gasteiger partial charge in [0.05, 0.1) is 11.9 Å². The molecular weight excluding hydrogens is 369 g/mol. The first-order chi connectivity index (χ1) is 12.9. The van der Waals surface area contributed by atoms with Crippen molar-refractivity contribution in [2.45, 2.75) is 25.0 Å². The Hall–Kier alpha value is -2.42. The van der Waals surface area contributed by atoms with Gasteiger partial charge in [0.1, 0.15) is 11.5 Å². The molecule has 1 aliphatic rings. The van der Waals surface area contributed by atoms with Gasteiger partial charge in [-0.15, -0.1) is 0 Å². The molecule has 1 aliphatic heterocycles. The average Bonchev–Trinajstić information content (AvgIpc) is 2.64. The summed E-state index contributed by atoms with van der Waals surface area (Å²) in [6.45, 7) is 1.79. The van der Waals surface area contributed by atoms with E-state index in [2.05, 4.69) is 19.6 Å². The van der Waals surface area contributed by atoms with E-state index in [9.17, 15) is 12.8 Å². The third-order valence-corrected chi connectivity index (χ3v) is 5.61. The zero-order chi connectivity index (χ0) is 19.4. The Labute approximate surface area is 159 Å². The molecule has 0 bridgehead atoms. The molecule has 9 heteroatoms. The van der Waals surface area contributed by atoms with Crippen molar-refractivity contribution in [1.29, 1.82) is 0 Å². The lowest BCUT2D eigenvalue weighted by atomic mass is 10.1. The summed E-state index contributed by atoms with van der Waals surface area (Å²) in [5.74, 6) is 0.0611. The third kappa shape index (κ3) is 4.85. The molecule has 0 atom stereocenters. The van der Waals surface area contributed by atoms with Crippen LogP contribution in [0.15, 0.2) is 30.5 Å². The minimum Gasteiger partial charge on any atom is -0.361 e. The lowest BCUT2D eigenvalue weighted by molar-refractivity contribution is 0.568. The first-order valence-electron chi connectivity index (χ1n) is 8.89.